The van der Waals surface area contributed by atoms with Crippen molar-refractivity contribution in [1.82, 2.24) is 0 Å². The Bertz CT molecular complexity index is 419. The van der Waals surface area contributed by atoms with Crippen molar-refractivity contribution >= 4 is 13.3 Å². The van der Waals surface area contributed by atoms with E-state index in [-0.39, 0.29) is 0 Å². The minimum absolute atomic E-state index is 0.371. The van der Waals surface area contributed by atoms with Crippen molar-refractivity contribution in [1.29, 1.82) is 0 Å². The molecule has 1 rings (SSSR count). The molecule has 0 aliphatic rings. The summed E-state index contributed by atoms with van der Waals surface area (Å²) >= 11 is -1.27. The SMILES string of the molecule is Cc1cc([O][Ti]([CH3])[CH3])cc([Si](C)(C)C(C)(C)C)c1. The van der Waals surface area contributed by atoms with Crippen LogP contribution in [-0.4, -0.2) is 8.07 Å². The van der Waals surface area contributed by atoms with E-state index in [2.05, 4.69) is 69.4 Å². The molecule has 0 aliphatic heterocycles. The average Bonchev–Trinajstić information content (AvgIpc) is 2.13. The number of rotatable bonds is 3. The molecular weight excluding hydrogens is 272 g/mol. The zero-order valence-corrected chi connectivity index (χ0v) is 15.7. The fourth-order valence-corrected chi connectivity index (χ4v) is 4.71. The van der Waals surface area contributed by atoms with Gasteiger partial charge in [-0.3, -0.25) is 0 Å². The molecule has 0 aliphatic carbocycles. The quantitative estimate of drug-likeness (QED) is 0.734. The summed E-state index contributed by atoms with van der Waals surface area (Å²) in [5, 5.41) is 6.38. The van der Waals surface area contributed by atoms with Crippen LogP contribution >= 0.6 is 0 Å². The fourth-order valence-electron chi connectivity index (χ4n) is 1.84. The molecule has 1 aromatic rings. The van der Waals surface area contributed by atoms with Crippen molar-refractivity contribution in [2.24, 2.45) is 0 Å². The Labute approximate surface area is 120 Å². The molecule has 0 fully saturated rings. The van der Waals surface area contributed by atoms with Crippen molar-refractivity contribution < 1.29 is 21.6 Å². The van der Waals surface area contributed by atoms with E-state index in [0.717, 1.165) is 5.75 Å². The molecule has 0 saturated heterocycles. The molecule has 0 amide bonds. The molecule has 0 bridgehead atoms. The first-order chi connectivity index (χ1) is 8.04. The predicted octanol–water partition coefficient (Wildman–Crippen LogP) is 4.72. The second-order valence-electron chi connectivity index (χ2n) is 6.92. The second-order valence-corrected chi connectivity index (χ2v) is 15.4. The van der Waals surface area contributed by atoms with Crippen LogP contribution in [0.1, 0.15) is 26.3 Å². The van der Waals surface area contributed by atoms with Crippen LogP contribution < -0.4 is 8.51 Å². The van der Waals surface area contributed by atoms with Gasteiger partial charge < -0.3 is 0 Å². The molecule has 1 nitrogen and oxygen atoms in total. The van der Waals surface area contributed by atoms with Gasteiger partial charge in [0.25, 0.3) is 0 Å². The van der Waals surface area contributed by atoms with Crippen LogP contribution in [-0.2, 0) is 18.3 Å². The standard InChI is InChI=1S/C13H22OSi.2CH3.Ti/c1-10-7-11(14)9-12(8-10)15(5,6)13(2,3)4;;;/h7-9,14H,1-6H3;2*1H3;/q;;;+1/p-1. The van der Waals surface area contributed by atoms with Crippen molar-refractivity contribution in [3.8, 4) is 5.75 Å². The third-order valence-electron chi connectivity index (χ3n) is 3.97. The monoisotopic (exact) mass is 299 g/mol. The van der Waals surface area contributed by atoms with E-state index in [1.54, 1.807) is 0 Å². The van der Waals surface area contributed by atoms with E-state index >= 15 is 0 Å². The molecular formula is C15H27OSiTi. The van der Waals surface area contributed by atoms with Gasteiger partial charge in [-0.1, -0.05) is 0 Å². The molecule has 18 heavy (non-hydrogen) atoms. The van der Waals surface area contributed by atoms with Crippen LogP contribution in [0.3, 0.4) is 0 Å². The minimum atomic E-state index is -1.46. The molecule has 0 atom stereocenters. The second kappa shape index (κ2) is 5.52. The van der Waals surface area contributed by atoms with Crippen LogP contribution in [0.5, 0.6) is 5.75 Å². The van der Waals surface area contributed by atoms with Crippen molar-refractivity contribution in [2.45, 2.75) is 56.3 Å². The van der Waals surface area contributed by atoms with E-state index in [9.17, 15) is 0 Å². The Morgan fingerprint density at radius 3 is 2.06 bits per heavy atom. The van der Waals surface area contributed by atoms with Crippen LogP contribution in [0, 0.1) is 6.92 Å². The molecule has 0 aromatic heterocycles. The number of hydrogen-bond donors (Lipinski definition) is 0. The molecule has 3 heteroatoms. The summed E-state index contributed by atoms with van der Waals surface area (Å²) in [4.78, 5) is 0. The zero-order valence-electron chi connectivity index (χ0n) is 13.1. The van der Waals surface area contributed by atoms with Gasteiger partial charge in [0, 0.05) is 0 Å². The van der Waals surface area contributed by atoms with Crippen LogP contribution in [0.2, 0.25) is 28.6 Å². The fraction of sp³-hybridized carbons (Fsp3) is 0.600. The third kappa shape index (κ3) is 3.72. The van der Waals surface area contributed by atoms with Gasteiger partial charge in [-0.25, -0.2) is 0 Å². The van der Waals surface area contributed by atoms with Crippen molar-refractivity contribution in [3.63, 3.8) is 0 Å². The summed E-state index contributed by atoms with van der Waals surface area (Å²) in [7, 11) is -1.46. The van der Waals surface area contributed by atoms with E-state index in [0.29, 0.717) is 5.04 Å². The first-order valence-corrected chi connectivity index (χ1v) is 13.4. The maximum atomic E-state index is 6.03. The molecule has 0 saturated carbocycles. The Hall–Kier alpha value is -0.0488. The van der Waals surface area contributed by atoms with Gasteiger partial charge >= 0.3 is 121 Å². The summed E-state index contributed by atoms with van der Waals surface area (Å²) in [5.41, 5.74) is 1.33. The van der Waals surface area contributed by atoms with Crippen molar-refractivity contribution in [3.05, 3.63) is 23.8 Å². The number of aryl methyl sites for hydroxylation is 1. The number of benzene rings is 1. The van der Waals surface area contributed by atoms with Gasteiger partial charge in [0.05, 0.1) is 0 Å². The third-order valence-corrected chi connectivity index (χ3v) is 10.5. The van der Waals surface area contributed by atoms with E-state index < -0.39 is 26.3 Å². The summed E-state index contributed by atoms with van der Waals surface area (Å²) in [6, 6.07) is 6.83. The van der Waals surface area contributed by atoms with Gasteiger partial charge in [-0.2, -0.15) is 0 Å². The molecule has 0 radical (unpaired) electrons. The van der Waals surface area contributed by atoms with E-state index in [1.807, 2.05) is 0 Å². The Balaban J connectivity index is 3.21. The molecule has 0 unspecified atom stereocenters. The Morgan fingerprint density at radius 2 is 1.61 bits per heavy atom. The zero-order chi connectivity index (χ0) is 14.1. The van der Waals surface area contributed by atoms with Gasteiger partial charge in [0.15, 0.2) is 0 Å². The molecule has 0 N–H and O–H groups in total. The van der Waals surface area contributed by atoms with Crippen molar-refractivity contribution in [2.75, 3.05) is 0 Å². The molecule has 0 spiro atoms. The van der Waals surface area contributed by atoms with Gasteiger partial charge in [0.1, 0.15) is 0 Å². The van der Waals surface area contributed by atoms with Gasteiger partial charge in [-0.05, 0) is 0 Å². The van der Waals surface area contributed by atoms with Crippen LogP contribution in [0.4, 0.5) is 0 Å². The van der Waals surface area contributed by atoms with Gasteiger partial charge in [0.2, 0.25) is 0 Å². The van der Waals surface area contributed by atoms with Crippen LogP contribution in [0.25, 0.3) is 0 Å². The number of hydrogen-bond acceptors (Lipinski definition) is 1. The Morgan fingerprint density at radius 1 is 1.06 bits per heavy atom. The maximum absolute atomic E-state index is 6.03. The molecule has 0 heterocycles. The normalized spacial score (nSPS) is 12.4. The molecule has 1 aromatic carbocycles. The van der Waals surface area contributed by atoms with E-state index in [4.69, 9.17) is 3.32 Å². The Kier molecular flexibility index (Phi) is 4.91. The summed E-state index contributed by atoms with van der Waals surface area (Å²) < 4.78 is 6.03. The summed E-state index contributed by atoms with van der Waals surface area (Å²) in [5.74, 6) is 1.09. The predicted molar refractivity (Wildman–Crippen MR) is 80.4 cm³/mol. The van der Waals surface area contributed by atoms with Gasteiger partial charge in [-0.15, -0.1) is 0 Å². The first kappa shape index (κ1) is 16.0. The van der Waals surface area contributed by atoms with E-state index in [1.165, 1.54) is 10.8 Å². The average molecular weight is 299 g/mol. The first-order valence-electron chi connectivity index (χ1n) is 6.64. The topological polar surface area (TPSA) is 9.23 Å². The summed E-state index contributed by atoms with van der Waals surface area (Å²) in [6.07, 6.45) is 0. The van der Waals surface area contributed by atoms with Crippen LogP contribution in [0.15, 0.2) is 18.2 Å². The summed E-state index contributed by atoms with van der Waals surface area (Å²) in [6.45, 7) is 14.2. The molecule has 101 valence electrons.